The Morgan fingerprint density at radius 1 is 1.26 bits per heavy atom. The van der Waals surface area contributed by atoms with Crippen LogP contribution in [0.1, 0.15) is 13.8 Å². The second-order valence-corrected chi connectivity index (χ2v) is 4.06. The van der Waals surface area contributed by atoms with Gasteiger partial charge < -0.3 is 9.32 Å². The van der Waals surface area contributed by atoms with Gasteiger partial charge >= 0.3 is 0 Å². The maximum Gasteiger partial charge on any atom is 0.270 e. The van der Waals surface area contributed by atoms with E-state index in [9.17, 15) is 14.9 Å². The van der Waals surface area contributed by atoms with Crippen molar-refractivity contribution in [2.24, 2.45) is 0 Å². The number of benzene rings is 1. The summed E-state index contributed by atoms with van der Waals surface area (Å²) in [5.41, 5.74) is -0.0257. The molecule has 1 aromatic carbocycles. The lowest BCUT2D eigenvalue weighted by atomic mass is 10.2. The monoisotopic (exact) mass is 262 g/mol. The van der Waals surface area contributed by atoms with Crippen LogP contribution in [-0.2, 0) is 0 Å². The van der Waals surface area contributed by atoms with Crippen LogP contribution in [0.15, 0.2) is 33.5 Å². The average Bonchev–Trinajstić information content (AvgIpc) is 2.39. The molecule has 2 aromatic rings. The first kappa shape index (κ1) is 13.1. The van der Waals surface area contributed by atoms with Gasteiger partial charge in [0.1, 0.15) is 5.58 Å². The maximum atomic E-state index is 12.0. The number of hydrogen-bond donors (Lipinski definition) is 0. The lowest BCUT2D eigenvalue weighted by Gasteiger charge is -2.18. The van der Waals surface area contributed by atoms with Crippen molar-refractivity contribution >= 4 is 22.5 Å². The molecule has 0 amide bonds. The summed E-state index contributed by atoms with van der Waals surface area (Å²) in [5, 5.41) is 10.9. The van der Waals surface area contributed by atoms with Crippen LogP contribution in [0.2, 0.25) is 0 Å². The average molecular weight is 262 g/mol. The standard InChI is InChI=1S/C13H14N2O4/c1-3-14(4-2)13-8-11(16)10-7-9(15(17)18)5-6-12(10)19-13/h5-8H,3-4H2,1-2H3. The highest BCUT2D eigenvalue weighted by Crippen LogP contribution is 2.22. The van der Waals surface area contributed by atoms with Crippen LogP contribution in [0, 0.1) is 10.1 Å². The Morgan fingerprint density at radius 2 is 1.95 bits per heavy atom. The molecule has 0 unspecified atom stereocenters. The summed E-state index contributed by atoms with van der Waals surface area (Å²) in [6.07, 6.45) is 0. The Kier molecular flexibility index (Phi) is 3.50. The molecule has 100 valence electrons. The molecule has 2 rings (SSSR count). The van der Waals surface area contributed by atoms with Crippen LogP contribution in [0.4, 0.5) is 11.6 Å². The predicted octanol–water partition coefficient (Wildman–Crippen LogP) is 2.55. The van der Waals surface area contributed by atoms with E-state index in [0.717, 1.165) is 13.1 Å². The van der Waals surface area contributed by atoms with Crippen LogP contribution in [0.5, 0.6) is 0 Å². The highest BCUT2D eigenvalue weighted by atomic mass is 16.6. The summed E-state index contributed by atoms with van der Waals surface area (Å²) >= 11 is 0. The number of non-ortho nitro benzene ring substituents is 1. The number of hydrogen-bond acceptors (Lipinski definition) is 5. The second kappa shape index (κ2) is 5.09. The molecular formula is C13H14N2O4. The van der Waals surface area contributed by atoms with Crippen molar-refractivity contribution in [1.29, 1.82) is 0 Å². The zero-order chi connectivity index (χ0) is 14.0. The summed E-state index contributed by atoms with van der Waals surface area (Å²) in [6, 6.07) is 5.41. The van der Waals surface area contributed by atoms with Gasteiger partial charge in [0, 0.05) is 31.3 Å². The number of anilines is 1. The molecule has 0 saturated carbocycles. The quantitative estimate of drug-likeness (QED) is 0.625. The van der Waals surface area contributed by atoms with Crippen molar-refractivity contribution < 1.29 is 9.34 Å². The number of nitro benzene ring substituents is 1. The molecule has 1 aromatic heterocycles. The van der Waals surface area contributed by atoms with Gasteiger partial charge in [0.25, 0.3) is 5.69 Å². The van der Waals surface area contributed by atoms with Crippen molar-refractivity contribution in [3.63, 3.8) is 0 Å². The highest BCUT2D eigenvalue weighted by molar-refractivity contribution is 5.80. The largest absolute Gasteiger partial charge is 0.440 e. The third-order valence-electron chi connectivity index (χ3n) is 2.98. The van der Waals surface area contributed by atoms with Crippen molar-refractivity contribution in [1.82, 2.24) is 0 Å². The van der Waals surface area contributed by atoms with Crippen LogP contribution >= 0.6 is 0 Å². The molecule has 0 saturated heterocycles. The van der Waals surface area contributed by atoms with E-state index in [2.05, 4.69) is 0 Å². The summed E-state index contributed by atoms with van der Waals surface area (Å²) in [4.78, 5) is 24.1. The van der Waals surface area contributed by atoms with Gasteiger partial charge in [-0.2, -0.15) is 0 Å². The smallest absolute Gasteiger partial charge is 0.270 e. The third kappa shape index (κ3) is 2.42. The fourth-order valence-electron chi connectivity index (χ4n) is 1.94. The zero-order valence-electron chi connectivity index (χ0n) is 10.8. The first-order valence-corrected chi connectivity index (χ1v) is 6.04. The van der Waals surface area contributed by atoms with Crippen LogP contribution in [0.3, 0.4) is 0 Å². The molecule has 19 heavy (non-hydrogen) atoms. The Bertz CT molecular complexity index is 674. The van der Waals surface area contributed by atoms with Gasteiger partial charge in [-0.3, -0.25) is 14.9 Å². The van der Waals surface area contributed by atoms with Gasteiger partial charge in [-0.05, 0) is 19.9 Å². The SMILES string of the molecule is CCN(CC)c1cc(=O)c2cc([N+](=O)[O-])ccc2o1. The molecule has 0 aliphatic heterocycles. The summed E-state index contributed by atoms with van der Waals surface area (Å²) < 4.78 is 5.62. The van der Waals surface area contributed by atoms with Crippen molar-refractivity contribution in [3.8, 4) is 0 Å². The lowest BCUT2D eigenvalue weighted by Crippen LogP contribution is -2.23. The van der Waals surface area contributed by atoms with Gasteiger partial charge in [0.05, 0.1) is 10.3 Å². The Morgan fingerprint density at radius 3 is 2.53 bits per heavy atom. The summed E-state index contributed by atoms with van der Waals surface area (Å²) in [5.74, 6) is 0.483. The Balaban J connectivity index is 2.62. The van der Waals surface area contributed by atoms with E-state index in [1.807, 2.05) is 18.7 Å². The molecule has 0 atom stereocenters. The molecule has 6 nitrogen and oxygen atoms in total. The lowest BCUT2D eigenvalue weighted by molar-refractivity contribution is -0.384. The number of fused-ring (bicyclic) bond motifs is 1. The van der Waals surface area contributed by atoms with Crippen LogP contribution in [0.25, 0.3) is 11.0 Å². The van der Waals surface area contributed by atoms with Crippen LogP contribution in [-0.4, -0.2) is 18.0 Å². The topological polar surface area (TPSA) is 76.6 Å². The zero-order valence-corrected chi connectivity index (χ0v) is 10.8. The molecule has 6 heteroatoms. The molecule has 0 N–H and O–H groups in total. The van der Waals surface area contributed by atoms with E-state index < -0.39 is 4.92 Å². The van der Waals surface area contributed by atoms with Gasteiger partial charge in [0.15, 0.2) is 11.3 Å². The molecule has 0 bridgehead atoms. The minimum atomic E-state index is -0.531. The van der Waals surface area contributed by atoms with Gasteiger partial charge in [0.2, 0.25) is 0 Å². The maximum absolute atomic E-state index is 12.0. The van der Waals surface area contributed by atoms with E-state index in [1.165, 1.54) is 24.3 Å². The third-order valence-corrected chi connectivity index (χ3v) is 2.98. The van der Waals surface area contributed by atoms with Gasteiger partial charge in [-0.25, -0.2) is 0 Å². The van der Waals surface area contributed by atoms with Crippen LogP contribution < -0.4 is 10.3 Å². The van der Waals surface area contributed by atoms with Gasteiger partial charge in [-0.15, -0.1) is 0 Å². The molecule has 0 aliphatic rings. The fraction of sp³-hybridized carbons (Fsp3) is 0.308. The number of nitrogens with zero attached hydrogens (tertiary/aromatic N) is 2. The molecule has 0 spiro atoms. The van der Waals surface area contributed by atoms with E-state index >= 15 is 0 Å². The minimum Gasteiger partial charge on any atom is -0.440 e. The Labute approximate surface area is 109 Å². The number of nitro groups is 1. The second-order valence-electron chi connectivity index (χ2n) is 4.06. The van der Waals surface area contributed by atoms with E-state index in [0.29, 0.717) is 11.5 Å². The highest BCUT2D eigenvalue weighted by Gasteiger charge is 2.13. The van der Waals surface area contributed by atoms with Crippen molar-refractivity contribution in [2.45, 2.75) is 13.8 Å². The Hall–Kier alpha value is -2.37. The summed E-state index contributed by atoms with van der Waals surface area (Å²) in [7, 11) is 0. The van der Waals surface area contributed by atoms with Crippen molar-refractivity contribution in [2.75, 3.05) is 18.0 Å². The molecule has 1 heterocycles. The first-order valence-electron chi connectivity index (χ1n) is 6.04. The molecule has 0 aliphatic carbocycles. The van der Waals surface area contributed by atoms with E-state index in [1.54, 1.807) is 0 Å². The molecular weight excluding hydrogens is 248 g/mol. The normalized spacial score (nSPS) is 10.6. The van der Waals surface area contributed by atoms with Crippen molar-refractivity contribution in [3.05, 3.63) is 44.6 Å². The fourth-order valence-corrected chi connectivity index (χ4v) is 1.94. The predicted molar refractivity (Wildman–Crippen MR) is 72.7 cm³/mol. The molecule has 0 fully saturated rings. The minimum absolute atomic E-state index is 0.115. The first-order chi connectivity index (χ1) is 9.06. The molecule has 0 radical (unpaired) electrons. The van der Waals surface area contributed by atoms with E-state index in [4.69, 9.17) is 4.42 Å². The van der Waals surface area contributed by atoms with E-state index in [-0.39, 0.29) is 16.5 Å². The number of rotatable bonds is 4. The summed E-state index contributed by atoms with van der Waals surface area (Å²) in [6.45, 7) is 5.36. The van der Waals surface area contributed by atoms with Gasteiger partial charge in [-0.1, -0.05) is 0 Å².